The van der Waals surface area contributed by atoms with Gasteiger partial charge in [0.25, 0.3) is 5.91 Å². The Kier molecular flexibility index (Phi) is 5.75. The Hall–Kier alpha value is -2.89. The molecular formula is C19H21FN2O3. The van der Waals surface area contributed by atoms with Crippen LogP contribution < -0.4 is 15.4 Å². The van der Waals surface area contributed by atoms with Gasteiger partial charge in [-0.1, -0.05) is 45.0 Å². The van der Waals surface area contributed by atoms with Crippen molar-refractivity contribution < 1.29 is 18.7 Å². The van der Waals surface area contributed by atoms with E-state index in [1.54, 1.807) is 18.2 Å². The van der Waals surface area contributed by atoms with Crippen molar-refractivity contribution in [3.05, 3.63) is 59.9 Å². The molecule has 0 spiro atoms. The Labute approximate surface area is 146 Å². The number of nitrogens with one attached hydrogen (secondary N) is 2. The van der Waals surface area contributed by atoms with Crippen molar-refractivity contribution in [1.82, 2.24) is 5.32 Å². The number of imide groups is 1. The summed E-state index contributed by atoms with van der Waals surface area (Å²) in [6, 6.07) is 12.3. The van der Waals surface area contributed by atoms with Gasteiger partial charge < -0.3 is 10.1 Å². The van der Waals surface area contributed by atoms with Crippen LogP contribution >= 0.6 is 0 Å². The van der Waals surface area contributed by atoms with E-state index in [2.05, 4.69) is 31.4 Å². The van der Waals surface area contributed by atoms with Crippen LogP contribution in [0.5, 0.6) is 5.75 Å². The molecule has 132 valence electrons. The standard InChI is InChI=1S/C19H21FN2O3/c1-19(2,3)13-8-10-14(11-9-13)25-12-17(23)22-18(24)21-16-7-5-4-6-15(16)20/h4-11H,12H2,1-3H3,(H2,21,22,23,24). The molecule has 25 heavy (non-hydrogen) atoms. The Morgan fingerprint density at radius 1 is 1.04 bits per heavy atom. The van der Waals surface area contributed by atoms with Gasteiger partial charge in [-0.15, -0.1) is 0 Å². The summed E-state index contributed by atoms with van der Waals surface area (Å²) in [5.74, 6) is -0.688. The zero-order chi connectivity index (χ0) is 18.4. The molecule has 2 rings (SSSR count). The minimum absolute atomic E-state index is 0.00788. The lowest BCUT2D eigenvalue weighted by molar-refractivity contribution is -0.121. The first-order chi connectivity index (χ1) is 11.8. The third-order valence-electron chi connectivity index (χ3n) is 3.47. The minimum atomic E-state index is -0.818. The zero-order valence-electron chi connectivity index (χ0n) is 14.4. The summed E-state index contributed by atoms with van der Waals surface area (Å²) in [5.41, 5.74) is 1.17. The lowest BCUT2D eigenvalue weighted by Gasteiger charge is -2.19. The van der Waals surface area contributed by atoms with Crippen molar-refractivity contribution in [2.75, 3.05) is 11.9 Å². The van der Waals surface area contributed by atoms with E-state index in [1.807, 2.05) is 12.1 Å². The van der Waals surface area contributed by atoms with E-state index in [0.717, 1.165) is 5.56 Å². The first kappa shape index (κ1) is 18.4. The fraction of sp³-hybridized carbons (Fsp3) is 0.263. The van der Waals surface area contributed by atoms with E-state index in [-0.39, 0.29) is 17.7 Å². The number of urea groups is 1. The van der Waals surface area contributed by atoms with E-state index in [0.29, 0.717) is 5.75 Å². The number of hydrogen-bond acceptors (Lipinski definition) is 3. The predicted octanol–water partition coefficient (Wildman–Crippen LogP) is 3.85. The van der Waals surface area contributed by atoms with Crippen molar-refractivity contribution in [2.24, 2.45) is 0 Å². The first-order valence-corrected chi connectivity index (χ1v) is 7.84. The number of ether oxygens (including phenoxy) is 1. The summed E-state index contributed by atoms with van der Waals surface area (Å²) in [7, 11) is 0. The molecule has 6 heteroatoms. The third kappa shape index (κ3) is 5.60. The molecule has 0 bridgehead atoms. The molecule has 2 aromatic rings. The van der Waals surface area contributed by atoms with Crippen molar-refractivity contribution in [3.8, 4) is 5.75 Å². The minimum Gasteiger partial charge on any atom is -0.484 e. The van der Waals surface area contributed by atoms with Crippen molar-refractivity contribution in [3.63, 3.8) is 0 Å². The second-order valence-corrected chi connectivity index (χ2v) is 6.55. The quantitative estimate of drug-likeness (QED) is 0.885. The molecule has 0 aliphatic carbocycles. The third-order valence-corrected chi connectivity index (χ3v) is 3.47. The molecule has 2 aromatic carbocycles. The van der Waals surface area contributed by atoms with Crippen LogP contribution in [0.2, 0.25) is 0 Å². The van der Waals surface area contributed by atoms with Gasteiger partial charge in [-0.05, 0) is 35.2 Å². The number of amides is 3. The molecule has 0 fully saturated rings. The van der Waals surface area contributed by atoms with Crippen molar-refractivity contribution >= 4 is 17.6 Å². The summed E-state index contributed by atoms with van der Waals surface area (Å²) in [6.07, 6.45) is 0. The van der Waals surface area contributed by atoms with Gasteiger partial charge in [-0.25, -0.2) is 9.18 Å². The lowest BCUT2D eigenvalue weighted by Crippen LogP contribution is -2.37. The summed E-state index contributed by atoms with van der Waals surface area (Å²) < 4.78 is 18.8. The van der Waals surface area contributed by atoms with Crippen LogP contribution in [-0.2, 0) is 10.2 Å². The summed E-state index contributed by atoms with van der Waals surface area (Å²) in [6.45, 7) is 5.99. The Balaban J connectivity index is 1.82. The van der Waals surface area contributed by atoms with Crippen LogP contribution in [0.3, 0.4) is 0 Å². The second-order valence-electron chi connectivity index (χ2n) is 6.55. The maximum atomic E-state index is 13.4. The SMILES string of the molecule is CC(C)(C)c1ccc(OCC(=O)NC(=O)Nc2ccccc2F)cc1. The fourth-order valence-corrected chi connectivity index (χ4v) is 2.08. The van der Waals surface area contributed by atoms with Gasteiger partial charge in [0.1, 0.15) is 11.6 Å². The molecule has 0 atom stereocenters. The topological polar surface area (TPSA) is 67.4 Å². The van der Waals surface area contributed by atoms with E-state index in [4.69, 9.17) is 4.74 Å². The number of anilines is 1. The number of hydrogen-bond donors (Lipinski definition) is 2. The monoisotopic (exact) mass is 344 g/mol. The number of halogens is 1. The van der Waals surface area contributed by atoms with Crippen LogP contribution in [0, 0.1) is 5.82 Å². The molecule has 5 nitrogen and oxygen atoms in total. The average Bonchev–Trinajstić information content (AvgIpc) is 2.54. The number of rotatable bonds is 4. The molecule has 3 amide bonds. The van der Waals surface area contributed by atoms with Gasteiger partial charge in [0.15, 0.2) is 6.61 Å². The van der Waals surface area contributed by atoms with E-state index in [9.17, 15) is 14.0 Å². The van der Waals surface area contributed by atoms with Gasteiger partial charge in [-0.3, -0.25) is 10.1 Å². The first-order valence-electron chi connectivity index (χ1n) is 7.84. The molecule has 0 heterocycles. The summed E-state index contributed by atoms with van der Waals surface area (Å²) in [5, 5.41) is 4.34. The number of para-hydroxylation sites is 1. The van der Waals surface area contributed by atoms with Gasteiger partial charge in [0, 0.05) is 0 Å². The largest absolute Gasteiger partial charge is 0.484 e. The van der Waals surface area contributed by atoms with Gasteiger partial charge >= 0.3 is 6.03 Å². The molecule has 0 radical (unpaired) electrons. The highest BCUT2D eigenvalue weighted by atomic mass is 19.1. The molecule has 0 aliphatic heterocycles. The number of carbonyl (C=O) groups is 2. The molecule has 0 aromatic heterocycles. The van der Waals surface area contributed by atoms with Crippen molar-refractivity contribution in [1.29, 1.82) is 0 Å². The Bertz CT molecular complexity index is 752. The van der Waals surface area contributed by atoms with Crippen LogP contribution in [0.25, 0.3) is 0 Å². The fourth-order valence-electron chi connectivity index (χ4n) is 2.08. The van der Waals surface area contributed by atoms with Gasteiger partial charge in [0.05, 0.1) is 5.69 Å². The highest BCUT2D eigenvalue weighted by Gasteiger charge is 2.14. The highest BCUT2D eigenvalue weighted by Crippen LogP contribution is 2.24. The molecule has 0 unspecified atom stereocenters. The summed E-state index contributed by atoms with van der Waals surface area (Å²) in [4.78, 5) is 23.4. The second kappa shape index (κ2) is 7.79. The van der Waals surface area contributed by atoms with E-state index in [1.165, 1.54) is 18.2 Å². The lowest BCUT2D eigenvalue weighted by atomic mass is 9.87. The Morgan fingerprint density at radius 2 is 1.68 bits per heavy atom. The van der Waals surface area contributed by atoms with E-state index < -0.39 is 17.8 Å². The van der Waals surface area contributed by atoms with Crippen LogP contribution in [-0.4, -0.2) is 18.5 Å². The summed E-state index contributed by atoms with van der Waals surface area (Å²) >= 11 is 0. The molecule has 0 aliphatic rings. The van der Waals surface area contributed by atoms with E-state index >= 15 is 0 Å². The zero-order valence-corrected chi connectivity index (χ0v) is 14.4. The van der Waals surface area contributed by atoms with Crippen LogP contribution in [0.4, 0.5) is 14.9 Å². The number of benzene rings is 2. The van der Waals surface area contributed by atoms with Gasteiger partial charge in [-0.2, -0.15) is 0 Å². The average molecular weight is 344 g/mol. The highest BCUT2D eigenvalue weighted by molar-refractivity contribution is 6.01. The maximum absolute atomic E-state index is 13.4. The Morgan fingerprint density at radius 3 is 2.28 bits per heavy atom. The number of carbonyl (C=O) groups excluding carboxylic acids is 2. The molecule has 2 N–H and O–H groups in total. The molecule has 0 saturated carbocycles. The van der Waals surface area contributed by atoms with Crippen LogP contribution in [0.15, 0.2) is 48.5 Å². The van der Waals surface area contributed by atoms with Gasteiger partial charge in [0.2, 0.25) is 0 Å². The normalized spacial score (nSPS) is 10.9. The predicted molar refractivity (Wildman–Crippen MR) is 94.2 cm³/mol. The van der Waals surface area contributed by atoms with Crippen LogP contribution in [0.1, 0.15) is 26.3 Å². The molecule has 0 saturated heterocycles. The maximum Gasteiger partial charge on any atom is 0.326 e. The van der Waals surface area contributed by atoms with Crippen molar-refractivity contribution in [2.45, 2.75) is 26.2 Å². The molecular weight excluding hydrogens is 323 g/mol. The smallest absolute Gasteiger partial charge is 0.326 e.